The lowest BCUT2D eigenvalue weighted by Gasteiger charge is -2.19. The molecule has 2 aromatic heterocycles. The van der Waals surface area contributed by atoms with Crippen molar-refractivity contribution in [3.63, 3.8) is 0 Å². The molecule has 12 nitrogen and oxygen atoms in total. The van der Waals surface area contributed by atoms with Crippen LogP contribution in [0.1, 0.15) is 35.9 Å². The number of hydrogen-bond donors (Lipinski definition) is 5. The van der Waals surface area contributed by atoms with Crippen LogP contribution in [-0.4, -0.2) is 36.3 Å². The number of benzene rings is 2. The molecule has 2 aromatic carbocycles. The molecule has 0 spiro atoms. The topological polar surface area (TPSA) is 167 Å². The summed E-state index contributed by atoms with van der Waals surface area (Å²) in [5, 5.41) is 23.8. The van der Waals surface area contributed by atoms with Crippen LogP contribution in [0.5, 0.6) is 11.5 Å². The number of anilines is 1. The highest BCUT2D eigenvalue weighted by molar-refractivity contribution is 6.04. The van der Waals surface area contributed by atoms with E-state index < -0.39 is 29.0 Å². The van der Waals surface area contributed by atoms with E-state index in [0.717, 1.165) is 22.9 Å². The Kier molecular flexibility index (Phi) is 7.88. The second-order valence-electron chi connectivity index (χ2n) is 9.64. The Morgan fingerprint density at radius 2 is 1.95 bits per heavy atom. The van der Waals surface area contributed by atoms with Crippen molar-refractivity contribution < 1.29 is 19.0 Å². The second-order valence-corrected chi connectivity index (χ2v) is 9.64. The molecule has 0 saturated heterocycles. The number of aromatic hydroxyl groups is 1. The van der Waals surface area contributed by atoms with Crippen LogP contribution in [0, 0.1) is 11.2 Å². The summed E-state index contributed by atoms with van der Waals surface area (Å²) in [4.78, 5) is 46.7. The van der Waals surface area contributed by atoms with Gasteiger partial charge in [-0.3, -0.25) is 14.2 Å². The summed E-state index contributed by atoms with van der Waals surface area (Å²) < 4.78 is 21.5. The molecule has 0 aliphatic carbocycles. The first kappa shape index (κ1) is 28.5. The number of H-pyrrole nitrogens is 1. The largest absolute Gasteiger partial charge is 0.504 e. The van der Waals surface area contributed by atoms with Crippen molar-refractivity contribution in [1.82, 2.24) is 24.4 Å². The minimum absolute atomic E-state index is 0.0530. The fraction of sp³-hybridized carbons (Fsp3) is 0.100. The van der Waals surface area contributed by atoms with Gasteiger partial charge in [0, 0.05) is 48.2 Å². The first-order valence-corrected chi connectivity index (χ1v) is 13.0. The average Bonchev–Trinajstić information content (AvgIpc) is 3.51. The number of aromatic nitrogens is 4. The molecule has 1 amide bonds. The Labute approximate surface area is 243 Å². The summed E-state index contributed by atoms with van der Waals surface area (Å²) in [6.45, 7) is 3.43. The SMILES string of the molecule is CC(C)n1cc(C(=O)Nc2ccc(OC3=CC(c4c[nH]cn4)=CN/C3=C\C=N)c(O)c2)c(=O)n(-c2ccc(F)cc2)c1=O. The number of imidazole rings is 1. The molecule has 43 heavy (non-hydrogen) atoms. The number of nitrogens with one attached hydrogen (secondary N) is 4. The number of nitrogens with zero attached hydrogens (tertiary/aromatic N) is 3. The molecule has 218 valence electrons. The highest BCUT2D eigenvalue weighted by atomic mass is 19.1. The van der Waals surface area contributed by atoms with Crippen LogP contribution in [0.2, 0.25) is 0 Å². The van der Waals surface area contributed by atoms with E-state index in [-0.39, 0.29) is 28.4 Å². The minimum atomic E-state index is -0.891. The van der Waals surface area contributed by atoms with Gasteiger partial charge in [-0.05, 0) is 62.4 Å². The van der Waals surface area contributed by atoms with Crippen LogP contribution >= 0.6 is 0 Å². The monoisotopic (exact) mass is 583 g/mol. The number of phenolic OH excluding ortho intramolecular Hbond substituents is 1. The predicted octanol–water partition coefficient (Wildman–Crippen LogP) is 3.84. The van der Waals surface area contributed by atoms with E-state index in [1.54, 1.807) is 32.3 Å². The lowest BCUT2D eigenvalue weighted by atomic mass is 10.1. The van der Waals surface area contributed by atoms with Gasteiger partial charge in [0.05, 0.1) is 23.4 Å². The van der Waals surface area contributed by atoms with Gasteiger partial charge in [0.1, 0.15) is 11.4 Å². The molecule has 1 aliphatic rings. The number of carbonyl (C=O) groups excluding carboxylic acids is 1. The van der Waals surface area contributed by atoms with Crippen LogP contribution < -0.4 is 26.6 Å². The van der Waals surface area contributed by atoms with Gasteiger partial charge in [0.2, 0.25) is 0 Å². The van der Waals surface area contributed by atoms with Crippen LogP contribution in [0.25, 0.3) is 11.3 Å². The number of aromatic amines is 1. The molecule has 13 heteroatoms. The van der Waals surface area contributed by atoms with Gasteiger partial charge in [-0.1, -0.05) is 0 Å². The third-order valence-corrected chi connectivity index (χ3v) is 6.42. The summed E-state index contributed by atoms with van der Waals surface area (Å²) in [6.07, 6.45) is 10.3. The van der Waals surface area contributed by atoms with E-state index in [4.69, 9.17) is 10.1 Å². The normalized spacial score (nSPS) is 13.7. The zero-order chi connectivity index (χ0) is 30.7. The second kappa shape index (κ2) is 11.9. The Hall–Kier alpha value is -5.98. The molecule has 3 heterocycles. The molecule has 5 N–H and O–H groups in total. The summed E-state index contributed by atoms with van der Waals surface area (Å²) >= 11 is 0. The van der Waals surface area contributed by atoms with Crippen molar-refractivity contribution in [2.75, 3.05) is 5.32 Å². The maximum absolute atomic E-state index is 13.5. The Morgan fingerprint density at radius 1 is 1.19 bits per heavy atom. The number of rotatable bonds is 8. The number of dihydropyridines is 1. The summed E-state index contributed by atoms with van der Waals surface area (Å²) in [5.74, 6) is -1.34. The zero-order valence-electron chi connectivity index (χ0n) is 23.0. The maximum atomic E-state index is 13.5. The molecular formula is C30H26FN7O5. The van der Waals surface area contributed by atoms with Crippen molar-refractivity contribution in [2.24, 2.45) is 0 Å². The third-order valence-electron chi connectivity index (χ3n) is 6.42. The molecule has 1 aliphatic heterocycles. The molecule has 0 atom stereocenters. The van der Waals surface area contributed by atoms with E-state index >= 15 is 0 Å². The molecule has 0 bridgehead atoms. The van der Waals surface area contributed by atoms with Gasteiger partial charge in [-0.25, -0.2) is 18.7 Å². The van der Waals surface area contributed by atoms with Crippen molar-refractivity contribution in [3.8, 4) is 17.2 Å². The van der Waals surface area contributed by atoms with Crippen molar-refractivity contribution in [3.05, 3.63) is 129 Å². The van der Waals surface area contributed by atoms with E-state index in [0.29, 0.717) is 22.7 Å². The molecule has 0 radical (unpaired) electrons. The van der Waals surface area contributed by atoms with E-state index in [1.807, 2.05) is 0 Å². The van der Waals surface area contributed by atoms with Crippen LogP contribution in [0.4, 0.5) is 10.1 Å². The Bertz CT molecular complexity index is 1920. The summed E-state index contributed by atoms with van der Waals surface area (Å²) in [5.41, 5.74) is 0.135. The smallest absolute Gasteiger partial charge is 0.335 e. The highest BCUT2D eigenvalue weighted by Gasteiger charge is 2.21. The molecule has 0 saturated carbocycles. The Balaban J connectivity index is 1.43. The molecule has 5 rings (SSSR count). The van der Waals surface area contributed by atoms with Gasteiger partial charge >= 0.3 is 5.69 Å². The fourth-order valence-electron chi connectivity index (χ4n) is 4.27. The number of halogens is 1. The quantitative estimate of drug-likeness (QED) is 0.197. The van der Waals surface area contributed by atoms with Crippen LogP contribution in [0.15, 0.2) is 101 Å². The maximum Gasteiger partial charge on any atom is 0.335 e. The van der Waals surface area contributed by atoms with Gasteiger partial charge in [0.25, 0.3) is 11.5 Å². The molecule has 0 unspecified atom stereocenters. The lowest BCUT2D eigenvalue weighted by Crippen LogP contribution is -2.42. The first-order valence-electron chi connectivity index (χ1n) is 13.0. The average molecular weight is 584 g/mol. The van der Waals surface area contributed by atoms with Crippen LogP contribution in [0.3, 0.4) is 0 Å². The lowest BCUT2D eigenvalue weighted by molar-refractivity contribution is 0.102. The number of carbonyl (C=O) groups is 1. The van der Waals surface area contributed by atoms with Gasteiger partial charge in [-0.2, -0.15) is 0 Å². The highest BCUT2D eigenvalue weighted by Crippen LogP contribution is 2.33. The Morgan fingerprint density at radius 3 is 2.60 bits per heavy atom. The van der Waals surface area contributed by atoms with E-state index in [1.165, 1.54) is 53.5 Å². The fourth-order valence-corrected chi connectivity index (χ4v) is 4.27. The number of amides is 1. The van der Waals surface area contributed by atoms with Gasteiger partial charge in [0.15, 0.2) is 17.3 Å². The predicted molar refractivity (Wildman–Crippen MR) is 158 cm³/mol. The number of phenols is 1. The van der Waals surface area contributed by atoms with E-state index in [9.17, 15) is 23.9 Å². The molecule has 4 aromatic rings. The van der Waals surface area contributed by atoms with Crippen LogP contribution in [-0.2, 0) is 0 Å². The van der Waals surface area contributed by atoms with Gasteiger partial charge < -0.3 is 30.9 Å². The third kappa shape index (κ3) is 5.91. The summed E-state index contributed by atoms with van der Waals surface area (Å²) in [7, 11) is 0. The number of allylic oxidation sites excluding steroid dienone is 3. The minimum Gasteiger partial charge on any atom is -0.504 e. The van der Waals surface area contributed by atoms with Crippen molar-refractivity contribution in [1.29, 1.82) is 5.41 Å². The molecular weight excluding hydrogens is 557 g/mol. The summed E-state index contributed by atoms with van der Waals surface area (Å²) in [6, 6.07) is 8.49. The molecule has 0 fully saturated rings. The number of hydrogen-bond acceptors (Lipinski definition) is 8. The number of ether oxygens (including phenoxy) is 1. The first-order chi connectivity index (χ1) is 20.7. The van der Waals surface area contributed by atoms with Gasteiger partial charge in [-0.15, -0.1) is 0 Å². The van der Waals surface area contributed by atoms with E-state index in [2.05, 4.69) is 20.6 Å². The van der Waals surface area contributed by atoms with Crippen molar-refractivity contribution >= 4 is 23.4 Å². The zero-order valence-corrected chi connectivity index (χ0v) is 23.0. The standard InChI is InChI=1S/C30H26FN7O5/c1-17(2)37-15-22(29(41)38(30(37)42)21-6-3-19(31)4-7-21)28(40)36-20-5-8-26(25(39)12-20)43-27-11-18(24-14-33-16-35-24)13-34-23(27)9-10-32/h3-17,32,34,39H,1-2H3,(H,33,35)(H,36,40)/b23-9-,32-10?. The van der Waals surface area contributed by atoms with Crippen molar-refractivity contribution in [2.45, 2.75) is 19.9 Å².